The molecule has 0 heterocycles. The fraction of sp³-hybridized carbons (Fsp3) is 0.917. The molecule has 14 heavy (non-hydrogen) atoms. The second-order valence-electron chi connectivity index (χ2n) is 5.27. The quantitative estimate of drug-likeness (QED) is 0.666. The molecule has 0 bridgehead atoms. The first-order valence-corrected chi connectivity index (χ1v) is 5.63. The second kappa shape index (κ2) is 3.56. The Labute approximate surface area is 87.7 Å². The smallest absolute Gasteiger partial charge is 0.219 e. The molecule has 1 aliphatic carbocycles. The Kier molecular flexibility index (Phi) is 2.93. The van der Waals surface area contributed by atoms with Crippen molar-refractivity contribution in [2.24, 2.45) is 5.41 Å². The van der Waals surface area contributed by atoms with E-state index in [4.69, 9.17) is 0 Å². The minimum atomic E-state index is 0.0631. The van der Waals surface area contributed by atoms with Crippen LogP contribution < -0.4 is 0 Å². The average Bonchev–Trinajstić information content (AvgIpc) is 2.27. The molecule has 1 rings (SSSR count). The third-order valence-electron chi connectivity index (χ3n) is 4.22. The Balaban J connectivity index is 2.97. The van der Waals surface area contributed by atoms with E-state index >= 15 is 0 Å². The molecule has 0 saturated heterocycles. The molecule has 1 atom stereocenters. The van der Waals surface area contributed by atoms with Crippen LogP contribution in [-0.4, -0.2) is 22.9 Å². The third kappa shape index (κ3) is 1.55. The topological polar surface area (TPSA) is 20.3 Å². The van der Waals surface area contributed by atoms with E-state index in [1.807, 2.05) is 4.90 Å². The molecule has 0 spiro atoms. The summed E-state index contributed by atoms with van der Waals surface area (Å²) < 4.78 is 0. The average molecular weight is 197 g/mol. The van der Waals surface area contributed by atoms with Crippen molar-refractivity contribution in [1.82, 2.24) is 4.90 Å². The Morgan fingerprint density at radius 2 is 1.86 bits per heavy atom. The van der Waals surface area contributed by atoms with Gasteiger partial charge < -0.3 is 4.90 Å². The van der Waals surface area contributed by atoms with Gasteiger partial charge in [0.25, 0.3) is 0 Å². The molecule has 1 fully saturated rings. The van der Waals surface area contributed by atoms with Crippen LogP contribution in [0.2, 0.25) is 0 Å². The summed E-state index contributed by atoms with van der Waals surface area (Å²) in [5, 5.41) is 0. The maximum atomic E-state index is 11.6. The third-order valence-corrected chi connectivity index (χ3v) is 4.22. The van der Waals surface area contributed by atoms with Crippen LogP contribution in [0.5, 0.6) is 0 Å². The zero-order chi connectivity index (χ0) is 11.0. The van der Waals surface area contributed by atoms with Crippen LogP contribution in [0.4, 0.5) is 0 Å². The van der Waals surface area contributed by atoms with Gasteiger partial charge in [-0.05, 0) is 32.1 Å². The first-order valence-electron chi connectivity index (χ1n) is 5.63. The summed E-state index contributed by atoms with van der Waals surface area (Å²) in [6.45, 7) is 11.4. The molecule has 1 unspecified atom stereocenters. The van der Waals surface area contributed by atoms with E-state index in [2.05, 4.69) is 27.7 Å². The van der Waals surface area contributed by atoms with E-state index in [9.17, 15) is 4.79 Å². The van der Waals surface area contributed by atoms with Gasteiger partial charge in [0, 0.05) is 19.0 Å². The maximum Gasteiger partial charge on any atom is 0.219 e. The molecule has 0 aromatic heterocycles. The summed E-state index contributed by atoms with van der Waals surface area (Å²) in [6.07, 6.45) is 3.62. The van der Waals surface area contributed by atoms with Gasteiger partial charge >= 0.3 is 0 Å². The van der Waals surface area contributed by atoms with Crippen LogP contribution in [-0.2, 0) is 4.79 Å². The maximum absolute atomic E-state index is 11.6. The second-order valence-corrected chi connectivity index (χ2v) is 5.27. The number of amides is 1. The standard InChI is InChI=1S/C12H23NO/c1-6-13(10(2)14)12(5)9-7-8-11(12,3)4/h6-9H2,1-5H3. The zero-order valence-electron chi connectivity index (χ0n) is 10.2. The number of carbonyl (C=O) groups is 1. The number of carbonyl (C=O) groups excluding carboxylic acids is 1. The number of nitrogens with zero attached hydrogens (tertiary/aromatic N) is 1. The molecule has 0 aliphatic heterocycles. The van der Waals surface area contributed by atoms with Gasteiger partial charge in [-0.3, -0.25) is 4.79 Å². The van der Waals surface area contributed by atoms with Gasteiger partial charge in [-0.25, -0.2) is 0 Å². The van der Waals surface area contributed by atoms with Crippen molar-refractivity contribution in [2.75, 3.05) is 6.54 Å². The molecular weight excluding hydrogens is 174 g/mol. The van der Waals surface area contributed by atoms with E-state index < -0.39 is 0 Å². The highest BCUT2D eigenvalue weighted by molar-refractivity contribution is 5.74. The molecule has 1 saturated carbocycles. The summed E-state index contributed by atoms with van der Waals surface area (Å²) in [7, 11) is 0. The highest BCUT2D eigenvalue weighted by atomic mass is 16.2. The van der Waals surface area contributed by atoms with Crippen molar-refractivity contribution in [3.8, 4) is 0 Å². The molecule has 1 aliphatic rings. The van der Waals surface area contributed by atoms with Crippen molar-refractivity contribution in [3.63, 3.8) is 0 Å². The van der Waals surface area contributed by atoms with Gasteiger partial charge in [0.05, 0.1) is 0 Å². The fourth-order valence-corrected chi connectivity index (χ4v) is 2.90. The zero-order valence-corrected chi connectivity index (χ0v) is 10.2. The van der Waals surface area contributed by atoms with Gasteiger partial charge in [-0.15, -0.1) is 0 Å². The molecule has 0 N–H and O–H groups in total. The van der Waals surface area contributed by atoms with Gasteiger partial charge in [0.2, 0.25) is 5.91 Å². The van der Waals surface area contributed by atoms with Crippen molar-refractivity contribution >= 4 is 5.91 Å². The van der Waals surface area contributed by atoms with Crippen molar-refractivity contribution in [1.29, 1.82) is 0 Å². The monoisotopic (exact) mass is 197 g/mol. The lowest BCUT2D eigenvalue weighted by Crippen LogP contribution is -2.54. The molecule has 82 valence electrons. The Morgan fingerprint density at radius 3 is 2.14 bits per heavy atom. The van der Waals surface area contributed by atoms with E-state index in [1.54, 1.807) is 6.92 Å². The minimum absolute atomic E-state index is 0.0631. The number of rotatable bonds is 2. The van der Waals surface area contributed by atoms with Crippen LogP contribution in [0.15, 0.2) is 0 Å². The highest BCUT2D eigenvalue weighted by Crippen LogP contribution is 2.49. The van der Waals surface area contributed by atoms with Crippen LogP contribution >= 0.6 is 0 Å². The molecule has 2 nitrogen and oxygen atoms in total. The Hall–Kier alpha value is -0.530. The lowest BCUT2D eigenvalue weighted by molar-refractivity contribution is -0.138. The van der Waals surface area contributed by atoms with E-state index in [0.717, 1.165) is 13.0 Å². The molecule has 2 heteroatoms. The van der Waals surface area contributed by atoms with Crippen molar-refractivity contribution in [3.05, 3.63) is 0 Å². The Morgan fingerprint density at radius 1 is 1.29 bits per heavy atom. The van der Waals surface area contributed by atoms with Crippen molar-refractivity contribution in [2.45, 2.75) is 59.4 Å². The normalized spacial score (nSPS) is 30.4. The summed E-state index contributed by atoms with van der Waals surface area (Å²) in [5.74, 6) is 0.213. The van der Waals surface area contributed by atoms with E-state index in [-0.39, 0.29) is 16.9 Å². The minimum Gasteiger partial charge on any atom is -0.337 e. The van der Waals surface area contributed by atoms with E-state index in [1.165, 1.54) is 12.8 Å². The SMILES string of the molecule is CCN(C(C)=O)C1(C)CCCC1(C)C. The van der Waals surface area contributed by atoms with Crippen LogP contribution in [0.3, 0.4) is 0 Å². The van der Waals surface area contributed by atoms with Crippen LogP contribution in [0.1, 0.15) is 53.9 Å². The number of hydrogen-bond donors (Lipinski definition) is 0. The summed E-state index contributed by atoms with van der Waals surface area (Å²) in [6, 6.07) is 0. The molecule has 1 amide bonds. The van der Waals surface area contributed by atoms with E-state index in [0.29, 0.717) is 0 Å². The largest absolute Gasteiger partial charge is 0.337 e. The molecular formula is C12H23NO. The molecule has 0 aromatic rings. The van der Waals surface area contributed by atoms with Crippen LogP contribution in [0.25, 0.3) is 0 Å². The van der Waals surface area contributed by atoms with Gasteiger partial charge in [-0.2, -0.15) is 0 Å². The predicted molar refractivity (Wildman–Crippen MR) is 59.1 cm³/mol. The highest BCUT2D eigenvalue weighted by Gasteiger charge is 2.49. The first kappa shape index (κ1) is 11.5. The Bertz CT molecular complexity index is 234. The van der Waals surface area contributed by atoms with Crippen molar-refractivity contribution < 1.29 is 4.79 Å². The first-order chi connectivity index (χ1) is 6.35. The lowest BCUT2D eigenvalue weighted by atomic mass is 9.75. The lowest BCUT2D eigenvalue weighted by Gasteiger charge is -2.47. The summed E-state index contributed by atoms with van der Waals surface area (Å²) >= 11 is 0. The van der Waals surface area contributed by atoms with Gasteiger partial charge in [0.15, 0.2) is 0 Å². The van der Waals surface area contributed by atoms with Crippen LogP contribution in [0, 0.1) is 5.41 Å². The summed E-state index contributed by atoms with van der Waals surface area (Å²) in [5.41, 5.74) is 0.322. The molecule has 0 aromatic carbocycles. The van der Waals surface area contributed by atoms with Gasteiger partial charge in [-0.1, -0.05) is 20.3 Å². The fourth-order valence-electron chi connectivity index (χ4n) is 2.90. The molecule has 0 radical (unpaired) electrons. The predicted octanol–water partition coefficient (Wildman–Crippen LogP) is 2.82. The number of hydrogen-bond acceptors (Lipinski definition) is 1. The summed E-state index contributed by atoms with van der Waals surface area (Å²) in [4.78, 5) is 13.6. The van der Waals surface area contributed by atoms with Gasteiger partial charge in [0.1, 0.15) is 0 Å².